The summed E-state index contributed by atoms with van der Waals surface area (Å²) >= 11 is 0. The van der Waals surface area contributed by atoms with Gasteiger partial charge in [0.25, 0.3) is 5.91 Å². The van der Waals surface area contributed by atoms with Crippen molar-refractivity contribution < 1.29 is 9.53 Å². The number of nitrogens with zero attached hydrogens (tertiary/aromatic N) is 2. The molecule has 0 aliphatic rings. The molecule has 0 radical (unpaired) electrons. The van der Waals surface area contributed by atoms with Gasteiger partial charge in [0.05, 0.1) is 0 Å². The van der Waals surface area contributed by atoms with Crippen molar-refractivity contribution in [2.75, 3.05) is 18.6 Å². The van der Waals surface area contributed by atoms with E-state index in [-0.39, 0.29) is 12.5 Å². The smallest absolute Gasteiger partial charge is 0.265 e. The third kappa shape index (κ3) is 3.33. The molecule has 0 aliphatic carbocycles. The third-order valence-corrected chi connectivity index (χ3v) is 2.91. The van der Waals surface area contributed by atoms with Crippen LogP contribution < -0.4 is 15.4 Å². The van der Waals surface area contributed by atoms with Crippen molar-refractivity contribution in [3.05, 3.63) is 54.2 Å². The van der Waals surface area contributed by atoms with E-state index in [0.717, 1.165) is 5.56 Å². The number of aromatic nitrogens is 1. The first-order valence-electron chi connectivity index (χ1n) is 6.30. The molecule has 0 bridgehead atoms. The maximum atomic E-state index is 12.0. The van der Waals surface area contributed by atoms with E-state index in [2.05, 4.69) is 4.98 Å². The molecule has 5 heteroatoms. The minimum absolute atomic E-state index is 0.0515. The molecule has 1 amide bonds. The fourth-order valence-corrected chi connectivity index (χ4v) is 1.73. The number of hydrogen-bond donors (Lipinski definition) is 1. The topological polar surface area (TPSA) is 68.5 Å². The van der Waals surface area contributed by atoms with E-state index in [9.17, 15) is 4.79 Å². The predicted octanol–water partition coefficient (Wildman–Crippen LogP) is 1.58. The Hall–Kier alpha value is -2.40. The number of amides is 1. The fourth-order valence-electron chi connectivity index (χ4n) is 1.73. The van der Waals surface area contributed by atoms with Crippen molar-refractivity contribution in [2.45, 2.75) is 6.54 Å². The van der Waals surface area contributed by atoms with Gasteiger partial charge in [-0.25, -0.2) is 4.98 Å². The molecule has 1 aromatic heterocycles. The van der Waals surface area contributed by atoms with Gasteiger partial charge in [0.15, 0.2) is 6.61 Å². The van der Waals surface area contributed by atoms with E-state index in [1.807, 2.05) is 24.3 Å². The van der Waals surface area contributed by atoms with Crippen molar-refractivity contribution in [1.82, 2.24) is 4.98 Å². The number of hydrogen-bond acceptors (Lipinski definition) is 4. The van der Waals surface area contributed by atoms with E-state index < -0.39 is 0 Å². The van der Waals surface area contributed by atoms with E-state index in [4.69, 9.17) is 10.5 Å². The molecule has 0 saturated carbocycles. The number of anilines is 1. The maximum absolute atomic E-state index is 12.0. The lowest BCUT2D eigenvalue weighted by Gasteiger charge is -2.17. The summed E-state index contributed by atoms with van der Waals surface area (Å²) in [5.41, 5.74) is 6.50. The van der Waals surface area contributed by atoms with Crippen LogP contribution >= 0.6 is 0 Å². The first kappa shape index (κ1) is 14.0. The molecule has 0 saturated heterocycles. The number of ether oxygens (including phenoxy) is 1. The second-order valence-electron chi connectivity index (χ2n) is 4.24. The molecular weight excluding hydrogens is 254 g/mol. The summed E-state index contributed by atoms with van der Waals surface area (Å²) in [5.74, 6) is 1.06. The normalized spacial score (nSPS) is 10.1. The van der Waals surface area contributed by atoms with Gasteiger partial charge in [-0.2, -0.15) is 0 Å². The Bertz CT molecular complexity index is 572. The van der Waals surface area contributed by atoms with Crippen molar-refractivity contribution in [2.24, 2.45) is 5.73 Å². The van der Waals surface area contributed by atoms with Gasteiger partial charge in [0.2, 0.25) is 0 Å². The molecular formula is C15H17N3O2. The zero-order valence-electron chi connectivity index (χ0n) is 11.3. The second kappa shape index (κ2) is 6.68. The van der Waals surface area contributed by atoms with Crippen LogP contribution in [0, 0.1) is 0 Å². The van der Waals surface area contributed by atoms with Crippen LogP contribution in [0.4, 0.5) is 5.82 Å². The van der Waals surface area contributed by atoms with Crippen LogP contribution in [0.5, 0.6) is 5.75 Å². The SMILES string of the molecule is CN(C(=O)COc1ccccc1CN)c1ccccn1. The minimum Gasteiger partial charge on any atom is -0.483 e. The predicted molar refractivity (Wildman–Crippen MR) is 77.5 cm³/mol. The van der Waals surface area contributed by atoms with Crippen LogP contribution in [0.3, 0.4) is 0 Å². The van der Waals surface area contributed by atoms with Crippen LogP contribution in [0.15, 0.2) is 48.7 Å². The van der Waals surface area contributed by atoms with Crippen LogP contribution in [0.2, 0.25) is 0 Å². The van der Waals surface area contributed by atoms with Gasteiger partial charge in [0.1, 0.15) is 11.6 Å². The number of benzene rings is 1. The van der Waals surface area contributed by atoms with Crippen LogP contribution in [-0.2, 0) is 11.3 Å². The molecule has 0 unspecified atom stereocenters. The molecule has 1 aromatic carbocycles. The Morgan fingerprint density at radius 3 is 2.70 bits per heavy atom. The molecule has 5 nitrogen and oxygen atoms in total. The molecule has 2 N–H and O–H groups in total. The molecule has 0 aliphatic heterocycles. The van der Waals surface area contributed by atoms with E-state index >= 15 is 0 Å². The zero-order chi connectivity index (χ0) is 14.4. The summed E-state index contributed by atoms with van der Waals surface area (Å²) in [6, 6.07) is 12.8. The number of likely N-dealkylation sites (N-methyl/N-ethyl adjacent to an activating group) is 1. The Kier molecular flexibility index (Phi) is 4.68. The van der Waals surface area contributed by atoms with Gasteiger partial charge in [0, 0.05) is 25.4 Å². The van der Waals surface area contributed by atoms with Crippen LogP contribution in [0.1, 0.15) is 5.56 Å². The summed E-state index contributed by atoms with van der Waals surface area (Å²) in [7, 11) is 1.67. The Morgan fingerprint density at radius 2 is 2.00 bits per heavy atom. The average molecular weight is 271 g/mol. The van der Waals surface area contributed by atoms with Gasteiger partial charge in [-0.05, 0) is 18.2 Å². The molecule has 0 atom stereocenters. The number of nitrogens with two attached hydrogens (primary N) is 1. The average Bonchev–Trinajstić information content (AvgIpc) is 2.53. The quantitative estimate of drug-likeness (QED) is 0.896. The second-order valence-corrected chi connectivity index (χ2v) is 4.24. The van der Waals surface area contributed by atoms with Crippen LogP contribution in [-0.4, -0.2) is 24.5 Å². The first-order valence-corrected chi connectivity index (χ1v) is 6.30. The Balaban J connectivity index is 1.99. The number of carbonyl (C=O) groups is 1. The van der Waals surface area contributed by atoms with Gasteiger partial charge in [-0.3, -0.25) is 9.69 Å². The van der Waals surface area contributed by atoms with Gasteiger partial charge in [-0.15, -0.1) is 0 Å². The molecule has 2 aromatic rings. The lowest BCUT2D eigenvalue weighted by Crippen LogP contribution is -2.32. The zero-order valence-corrected chi connectivity index (χ0v) is 11.3. The highest BCUT2D eigenvalue weighted by molar-refractivity contribution is 5.92. The summed E-state index contributed by atoms with van der Waals surface area (Å²) in [5, 5.41) is 0. The van der Waals surface area contributed by atoms with Crippen molar-refractivity contribution in [3.8, 4) is 5.75 Å². The highest BCUT2D eigenvalue weighted by Gasteiger charge is 2.13. The van der Waals surface area contributed by atoms with Gasteiger partial charge >= 0.3 is 0 Å². The van der Waals surface area contributed by atoms with Crippen molar-refractivity contribution >= 4 is 11.7 Å². The number of pyridine rings is 1. The number of para-hydroxylation sites is 1. The molecule has 104 valence electrons. The maximum Gasteiger partial charge on any atom is 0.265 e. The van der Waals surface area contributed by atoms with E-state index in [1.165, 1.54) is 4.90 Å². The number of carbonyl (C=O) groups excluding carboxylic acids is 1. The highest BCUT2D eigenvalue weighted by atomic mass is 16.5. The lowest BCUT2D eigenvalue weighted by atomic mass is 10.2. The first-order chi connectivity index (χ1) is 9.72. The summed E-state index contributed by atoms with van der Waals surface area (Å²) in [6.07, 6.45) is 1.64. The molecule has 0 fully saturated rings. The van der Waals surface area contributed by atoms with Gasteiger partial charge < -0.3 is 10.5 Å². The minimum atomic E-state index is -0.171. The van der Waals surface area contributed by atoms with Crippen molar-refractivity contribution in [1.29, 1.82) is 0 Å². The van der Waals surface area contributed by atoms with Crippen LogP contribution in [0.25, 0.3) is 0 Å². The summed E-state index contributed by atoms with van der Waals surface area (Å²) < 4.78 is 5.53. The molecule has 2 rings (SSSR count). The molecule has 1 heterocycles. The standard InChI is InChI=1S/C15H17N3O2/c1-18(14-8-4-5-9-17-14)15(19)11-20-13-7-3-2-6-12(13)10-16/h2-9H,10-11,16H2,1H3. The molecule has 20 heavy (non-hydrogen) atoms. The Morgan fingerprint density at radius 1 is 1.25 bits per heavy atom. The van der Waals surface area contributed by atoms with E-state index in [1.54, 1.807) is 31.4 Å². The fraction of sp³-hybridized carbons (Fsp3) is 0.200. The Labute approximate surface area is 118 Å². The monoisotopic (exact) mass is 271 g/mol. The van der Waals surface area contributed by atoms with Crippen molar-refractivity contribution in [3.63, 3.8) is 0 Å². The van der Waals surface area contributed by atoms with E-state index in [0.29, 0.717) is 18.1 Å². The highest BCUT2D eigenvalue weighted by Crippen LogP contribution is 2.17. The molecule has 0 spiro atoms. The number of rotatable bonds is 5. The summed E-state index contributed by atoms with van der Waals surface area (Å²) in [4.78, 5) is 17.6. The van der Waals surface area contributed by atoms with Gasteiger partial charge in [-0.1, -0.05) is 24.3 Å². The largest absolute Gasteiger partial charge is 0.483 e. The third-order valence-electron chi connectivity index (χ3n) is 2.91. The summed E-state index contributed by atoms with van der Waals surface area (Å²) in [6.45, 7) is 0.324. The lowest BCUT2D eigenvalue weighted by molar-refractivity contribution is -0.120.